The van der Waals surface area contributed by atoms with E-state index in [1.165, 1.54) is 7.11 Å². The third-order valence-corrected chi connectivity index (χ3v) is 5.47. The molecule has 0 aliphatic carbocycles. The molecule has 0 bridgehead atoms. The number of nitrogens with zero attached hydrogens (tertiary/aromatic N) is 4. The van der Waals surface area contributed by atoms with E-state index < -0.39 is 0 Å². The summed E-state index contributed by atoms with van der Waals surface area (Å²) in [6, 6.07) is 13.2. The largest absolute Gasteiger partial charge is 0.469 e. The first-order chi connectivity index (χ1) is 15.1. The third-order valence-electron chi connectivity index (χ3n) is 5.47. The quantitative estimate of drug-likeness (QED) is 0.226. The molecular formula is C23H24N4O4. The van der Waals surface area contributed by atoms with Crippen LogP contribution in [0.5, 0.6) is 11.6 Å². The van der Waals surface area contributed by atoms with E-state index in [1.807, 2.05) is 54.3 Å². The second kappa shape index (κ2) is 8.99. The SMILES string of the molecule is COC(=O)C1CCN(/C(=N\O)c2ccc(C)nc2Oc2cccc3cccnc23)CC1. The fraction of sp³-hybridized carbons (Fsp3) is 0.304. The number of fused-ring (bicyclic) bond motifs is 1. The van der Waals surface area contributed by atoms with Gasteiger partial charge in [0.25, 0.3) is 0 Å². The number of oxime groups is 1. The molecule has 3 aromatic rings. The van der Waals surface area contributed by atoms with Crippen LogP contribution >= 0.6 is 0 Å². The van der Waals surface area contributed by atoms with Crippen molar-refractivity contribution in [1.29, 1.82) is 0 Å². The van der Waals surface area contributed by atoms with Gasteiger partial charge in [-0.15, -0.1) is 0 Å². The number of piperidine rings is 1. The zero-order valence-corrected chi connectivity index (χ0v) is 17.5. The van der Waals surface area contributed by atoms with E-state index in [-0.39, 0.29) is 11.9 Å². The van der Waals surface area contributed by atoms with Crippen LogP contribution in [0.2, 0.25) is 0 Å². The summed E-state index contributed by atoms with van der Waals surface area (Å²) in [6.07, 6.45) is 2.95. The van der Waals surface area contributed by atoms with Crippen molar-refractivity contribution in [3.05, 3.63) is 59.9 Å². The first-order valence-corrected chi connectivity index (χ1v) is 10.1. The highest BCUT2D eigenvalue weighted by molar-refractivity contribution is 6.00. The van der Waals surface area contributed by atoms with E-state index in [2.05, 4.69) is 15.1 Å². The summed E-state index contributed by atoms with van der Waals surface area (Å²) in [5.41, 5.74) is 2.06. The van der Waals surface area contributed by atoms with Gasteiger partial charge in [-0.05, 0) is 44.0 Å². The number of hydrogen-bond donors (Lipinski definition) is 1. The number of rotatable bonds is 4. The van der Waals surface area contributed by atoms with Gasteiger partial charge < -0.3 is 19.6 Å². The van der Waals surface area contributed by atoms with Crippen LogP contribution in [0.4, 0.5) is 0 Å². The van der Waals surface area contributed by atoms with Gasteiger partial charge in [-0.2, -0.15) is 0 Å². The van der Waals surface area contributed by atoms with Crippen LogP contribution in [0.1, 0.15) is 24.1 Å². The van der Waals surface area contributed by atoms with E-state index in [0.717, 1.165) is 16.6 Å². The van der Waals surface area contributed by atoms with Crippen LogP contribution in [0.25, 0.3) is 10.9 Å². The van der Waals surface area contributed by atoms with Crippen molar-refractivity contribution in [1.82, 2.24) is 14.9 Å². The number of aryl methyl sites for hydroxylation is 1. The van der Waals surface area contributed by atoms with E-state index in [0.29, 0.717) is 49.0 Å². The lowest BCUT2D eigenvalue weighted by molar-refractivity contribution is -0.146. The second-order valence-corrected chi connectivity index (χ2v) is 7.45. The molecule has 8 heteroatoms. The van der Waals surface area contributed by atoms with Gasteiger partial charge in [0.15, 0.2) is 11.6 Å². The highest BCUT2D eigenvalue weighted by Crippen LogP contribution is 2.31. The normalized spacial score (nSPS) is 15.2. The number of hydrogen-bond acceptors (Lipinski definition) is 7. The van der Waals surface area contributed by atoms with Crippen molar-refractivity contribution in [2.75, 3.05) is 20.2 Å². The molecular weight excluding hydrogens is 396 g/mol. The first kappa shape index (κ1) is 20.6. The standard InChI is InChI=1S/C23H24N4O4/c1-15-8-9-18(21(26-29)27-13-10-17(11-14-27)23(28)30-2)22(25-15)31-19-7-3-5-16-6-4-12-24-20(16)19/h3-9,12,17,29H,10-11,13-14H2,1-2H3/b26-21-. The molecule has 1 aliphatic rings. The predicted molar refractivity (Wildman–Crippen MR) is 115 cm³/mol. The predicted octanol–water partition coefficient (Wildman–Crippen LogP) is 3.75. The minimum absolute atomic E-state index is 0.144. The molecule has 8 nitrogen and oxygen atoms in total. The molecule has 0 atom stereocenters. The van der Waals surface area contributed by atoms with Crippen molar-refractivity contribution < 1.29 is 19.5 Å². The highest BCUT2D eigenvalue weighted by Gasteiger charge is 2.29. The number of aromatic nitrogens is 2. The van der Waals surface area contributed by atoms with Crippen LogP contribution in [0.15, 0.2) is 53.8 Å². The van der Waals surface area contributed by atoms with Crippen molar-refractivity contribution in [2.24, 2.45) is 11.1 Å². The zero-order chi connectivity index (χ0) is 21.8. The number of para-hydroxylation sites is 1. The number of amidine groups is 1. The van der Waals surface area contributed by atoms with Crippen molar-refractivity contribution >= 4 is 22.7 Å². The zero-order valence-electron chi connectivity index (χ0n) is 17.5. The maximum Gasteiger partial charge on any atom is 0.308 e. The average Bonchev–Trinajstić information content (AvgIpc) is 2.81. The first-order valence-electron chi connectivity index (χ1n) is 10.1. The Morgan fingerprint density at radius 1 is 1.16 bits per heavy atom. The van der Waals surface area contributed by atoms with Crippen molar-refractivity contribution in [3.8, 4) is 11.6 Å². The smallest absolute Gasteiger partial charge is 0.308 e. The Labute approximate surface area is 180 Å². The van der Waals surface area contributed by atoms with Crippen LogP contribution in [0, 0.1) is 12.8 Å². The van der Waals surface area contributed by atoms with Crippen molar-refractivity contribution in [2.45, 2.75) is 19.8 Å². The molecule has 2 aromatic heterocycles. The maximum atomic E-state index is 11.8. The average molecular weight is 420 g/mol. The number of methoxy groups -OCH3 is 1. The molecule has 0 spiro atoms. The number of esters is 1. The molecule has 1 N–H and O–H groups in total. The summed E-state index contributed by atoms with van der Waals surface area (Å²) in [5.74, 6) is 0.917. The lowest BCUT2D eigenvalue weighted by Gasteiger charge is -2.32. The minimum atomic E-state index is -0.202. The molecule has 0 saturated carbocycles. The second-order valence-electron chi connectivity index (χ2n) is 7.45. The van der Waals surface area contributed by atoms with Gasteiger partial charge in [0.1, 0.15) is 5.52 Å². The summed E-state index contributed by atoms with van der Waals surface area (Å²) < 4.78 is 11.0. The Morgan fingerprint density at radius 3 is 2.68 bits per heavy atom. The number of likely N-dealkylation sites (tertiary alicyclic amines) is 1. The molecule has 4 rings (SSSR count). The molecule has 31 heavy (non-hydrogen) atoms. The van der Waals surface area contributed by atoms with Gasteiger partial charge in [0.05, 0.1) is 18.6 Å². The number of carbonyl (C=O) groups is 1. The summed E-state index contributed by atoms with van der Waals surface area (Å²) in [7, 11) is 1.40. The Balaban J connectivity index is 1.64. The molecule has 0 amide bonds. The highest BCUT2D eigenvalue weighted by atomic mass is 16.5. The third kappa shape index (κ3) is 4.28. The molecule has 3 heterocycles. The Hall–Kier alpha value is -3.68. The minimum Gasteiger partial charge on any atom is -0.469 e. The topological polar surface area (TPSA) is 97.1 Å². The molecule has 1 saturated heterocycles. The number of ether oxygens (including phenoxy) is 2. The molecule has 1 aliphatic heterocycles. The van der Waals surface area contributed by atoms with Crippen LogP contribution in [0.3, 0.4) is 0 Å². The lowest BCUT2D eigenvalue weighted by Crippen LogP contribution is -2.41. The molecule has 0 radical (unpaired) electrons. The Kier molecular flexibility index (Phi) is 5.97. The van der Waals surface area contributed by atoms with Crippen LogP contribution < -0.4 is 4.74 Å². The van der Waals surface area contributed by atoms with Crippen molar-refractivity contribution in [3.63, 3.8) is 0 Å². The van der Waals surface area contributed by atoms with Gasteiger partial charge in [0, 0.05) is 30.4 Å². The summed E-state index contributed by atoms with van der Waals surface area (Å²) in [6.45, 7) is 2.99. The van der Waals surface area contributed by atoms with Gasteiger partial charge in [-0.25, -0.2) is 4.98 Å². The Morgan fingerprint density at radius 2 is 1.94 bits per heavy atom. The number of carbonyl (C=O) groups excluding carboxylic acids is 1. The number of benzene rings is 1. The molecule has 1 aromatic carbocycles. The number of pyridine rings is 2. The Bertz CT molecular complexity index is 1120. The lowest BCUT2D eigenvalue weighted by atomic mass is 9.96. The van der Waals surface area contributed by atoms with Gasteiger partial charge in [-0.1, -0.05) is 23.4 Å². The van der Waals surface area contributed by atoms with Crippen LogP contribution in [-0.2, 0) is 9.53 Å². The van der Waals surface area contributed by atoms with E-state index in [4.69, 9.17) is 9.47 Å². The molecule has 1 fully saturated rings. The summed E-state index contributed by atoms with van der Waals surface area (Å²) in [4.78, 5) is 22.7. The van der Waals surface area contributed by atoms with Crippen LogP contribution in [-0.4, -0.2) is 52.1 Å². The summed E-state index contributed by atoms with van der Waals surface area (Å²) in [5, 5.41) is 14.4. The monoisotopic (exact) mass is 420 g/mol. The van der Waals surface area contributed by atoms with Gasteiger partial charge >= 0.3 is 5.97 Å². The summed E-state index contributed by atoms with van der Waals surface area (Å²) >= 11 is 0. The van der Waals surface area contributed by atoms with E-state index in [9.17, 15) is 10.0 Å². The fourth-order valence-electron chi connectivity index (χ4n) is 3.82. The van der Waals surface area contributed by atoms with Gasteiger partial charge in [-0.3, -0.25) is 9.78 Å². The fourth-order valence-corrected chi connectivity index (χ4v) is 3.82. The van der Waals surface area contributed by atoms with Gasteiger partial charge in [0.2, 0.25) is 5.88 Å². The molecule has 0 unspecified atom stereocenters. The maximum absolute atomic E-state index is 11.8. The van der Waals surface area contributed by atoms with E-state index >= 15 is 0 Å². The van der Waals surface area contributed by atoms with E-state index in [1.54, 1.807) is 6.20 Å². The molecule has 160 valence electrons.